The van der Waals surface area contributed by atoms with Crippen molar-refractivity contribution in [2.45, 2.75) is 29.5 Å². The molecule has 168 valence electrons. The number of piperidine rings is 1. The lowest BCUT2D eigenvalue weighted by Gasteiger charge is -2.33. The number of esters is 1. The van der Waals surface area contributed by atoms with Gasteiger partial charge in [-0.05, 0) is 35.9 Å². The minimum atomic E-state index is -3.77. The van der Waals surface area contributed by atoms with Crippen LogP contribution in [0.25, 0.3) is 10.4 Å². The molecule has 1 N–H and O–H groups in total. The van der Waals surface area contributed by atoms with E-state index in [4.69, 9.17) is 4.74 Å². The Kier molecular flexibility index (Phi) is 6.75. The summed E-state index contributed by atoms with van der Waals surface area (Å²) >= 11 is 2.35. The van der Waals surface area contributed by atoms with Gasteiger partial charge in [0.15, 0.2) is 0 Å². The fraction of sp³-hybridized carbons (Fsp3) is 0.273. The molecule has 1 aromatic carbocycles. The van der Waals surface area contributed by atoms with Crippen molar-refractivity contribution in [3.63, 3.8) is 0 Å². The van der Waals surface area contributed by atoms with Crippen LogP contribution in [0.4, 0.5) is 5.69 Å². The lowest BCUT2D eigenvalue weighted by molar-refractivity contribution is -0.120. The minimum Gasteiger partial charge on any atom is -0.465 e. The van der Waals surface area contributed by atoms with Gasteiger partial charge in [-0.2, -0.15) is 4.31 Å². The summed E-state index contributed by atoms with van der Waals surface area (Å²) in [6.45, 7) is 0.279. The van der Waals surface area contributed by atoms with E-state index in [1.165, 1.54) is 22.8 Å². The Labute approximate surface area is 194 Å². The van der Waals surface area contributed by atoms with E-state index in [0.29, 0.717) is 18.5 Å². The van der Waals surface area contributed by atoms with Crippen molar-refractivity contribution in [2.75, 3.05) is 19.0 Å². The molecular weight excluding hydrogens is 468 g/mol. The molecule has 3 heterocycles. The van der Waals surface area contributed by atoms with Crippen molar-refractivity contribution in [1.82, 2.24) is 4.31 Å². The molecule has 0 aliphatic carbocycles. The molecule has 0 spiro atoms. The summed E-state index contributed by atoms with van der Waals surface area (Å²) < 4.78 is 32.6. The summed E-state index contributed by atoms with van der Waals surface area (Å²) in [5.41, 5.74) is 1.23. The smallest absolute Gasteiger partial charge is 0.350 e. The molecule has 10 heteroatoms. The van der Waals surface area contributed by atoms with E-state index < -0.39 is 27.9 Å². The van der Waals surface area contributed by atoms with Gasteiger partial charge in [0.05, 0.1) is 12.8 Å². The molecule has 1 fully saturated rings. The number of hydrogen-bond donors (Lipinski definition) is 1. The van der Waals surface area contributed by atoms with Gasteiger partial charge < -0.3 is 10.1 Å². The fourth-order valence-corrected chi connectivity index (χ4v) is 7.48. The number of amides is 1. The normalized spacial score (nSPS) is 17.1. The zero-order valence-corrected chi connectivity index (χ0v) is 19.8. The number of benzene rings is 1. The second-order valence-electron chi connectivity index (χ2n) is 7.26. The second-order valence-corrected chi connectivity index (χ2v) is 11.4. The first-order chi connectivity index (χ1) is 15.4. The molecule has 0 radical (unpaired) electrons. The quantitative estimate of drug-likeness (QED) is 0.516. The van der Waals surface area contributed by atoms with Gasteiger partial charge in [0.1, 0.15) is 15.1 Å². The van der Waals surface area contributed by atoms with E-state index in [9.17, 15) is 18.0 Å². The highest BCUT2D eigenvalue weighted by Crippen LogP contribution is 2.36. The van der Waals surface area contributed by atoms with Gasteiger partial charge in [-0.1, -0.05) is 42.8 Å². The topological polar surface area (TPSA) is 92.8 Å². The molecule has 4 rings (SSSR count). The molecule has 1 aliphatic heterocycles. The van der Waals surface area contributed by atoms with Crippen molar-refractivity contribution in [2.24, 2.45) is 0 Å². The van der Waals surface area contributed by atoms with Crippen molar-refractivity contribution in [3.05, 3.63) is 58.8 Å². The second kappa shape index (κ2) is 9.53. The first-order valence-electron chi connectivity index (χ1n) is 10.1. The van der Waals surface area contributed by atoms with Gasteiger partial charge in [-0.25, -0.2) is 13.2 Å². The Morgan fingerprint density at radius 3 is 2.59 bits per heavy atom. The highest BCUT2D eigenvalue weighted by Gasteiger charge is 2.38. The molecule has 1 atom stereocenters. The number of carbonyl (C=O) groups excluding carboxylic acids is 2. The molecule has 7 nitrogen and oxygen atoms in total. The van der Waals surface area contributed by atoms with E-state index in [-0.39, 0.29) is 15.6 Å². The van der Waals surface area contributed by atoms with E-state index in [2.05, 4.69) is 5.32 Å². The van der Waals surface area contributed by atoms with Crippen LogP contribution in [0, 0.1) is 0 Å². The van der Waals surface area contributed by atoms with E-state index in [1.54, 1.807) is 23.6 Å². The number of nitrogens with one attached hydrogen (secondary N) is 1. The van der Waals surface area contributed by atoms with Crippen molar-refractivity contribution < 1.29 is 22.7 Å². The monoisotopic (exact) mass is 490 g/mol. The molecular formula is C22H22N2O5S3. The molecule has 1 saturated heterocycles. The first kappa shape index (κ1) is 22.7. The fourth-order valence-electron chi connectivity index (χ4n) is 3.67. The number of rotatable bonds is 6. The Morgan fingerprint density at radius 2 is 1.91 bits per heavy atom. The summed E-state index contributed by atoms with van der Waals surface area (Å²) in [4.78, 5) is 26.7. The maximum Gasteiger partial charge on any atom is 0.350 e. The van der Waals surface area contributed by atoms with Gasteiger partial charge in [0, 0.05) is 11.4 Å². The summed E-state index contributed by atoms with van der Waals surface area (Å²) in [6.07, 6.45) is 1.86. The van der Waals surface area contributed by atoms with Crippen molar-refractivity contribution in [3.8, 4) is 10.4 Å². The van der Waals surface area contributed by atoms with Gasteiger partial charge in [0.2, 0.25) is 5.91 Å². The highest BCUT2D eigenvalue weighted by atomic mass is 32.2. The lowest BCUT2D eigenvalue weighted by atomic mass is 10.0. The Morgan fingerprint density at radius 1 is 1.12 bits per heavy atom. The maximum atomic E-state index is 13.2. The van der Waals surface area contributed by atoms with Crippen LogP contribution >= 0.6 is 22.7 Å². The van der Waals surface area contributed by atoms with Crippen LogP contribution in [0.1, 0.15) is 28.9 Å². The number of hydrogen-bond acceptors (Lipinski definition) is 7. The Balaban J connectivity index is 1.63. The van der Waals surface area contributed by atoms with Crippen LogP contribution in [-0.4, -0.2) is 44.3 Å². The average molecular weight is 491 g/mol. The minimum absolute atomic E-state index is 0.217. The Hall–Kier alpha value is -2.53. The van der Waals surface area contributed by atoms with Gasteiger partial charge in [0.25, 0.3) is 10.0 Å². The summed E-state index contributed by atoms with van der Waals surface area (Å²) in [5.74, 6) is -1.01. The largest absolute Gasteiger partial charge is 0.465 e. The van der Waals surface area contributed by atoms with Crippen LogP contribution in [-0.2, 0) is 19.6 Å². The predicted octanol–water partition coefficient (Wildman–Crippen LogP) is 4.45. The zero-order chi connectivity index (χ0) is 22.7. The van der Waals surface area contributed by atoms with Crippen LogP contribution in [0.5, 0.6) is 0 Å². The third-order valence-electron chi connectivity index (χ3n) is 5.23. The molecule has 3 aromatic rings. The first-order valence-corrected chi connectivity index (χ1v) is 13.2. The molecule has 2 aromatic heterocycles. The molecule has 1 aliphatic rings. The third kappa shape index (κ3) is 4.49. The number of methoxy groups -OCH3 is 1. The average Bonchev–Trinajstić information content (AvgIpc) is 3.50. The number of carbonyl (C=O) groups is 2. The molecule has 1 amide bonds. The number of anilines is 1. The SMILES string of the molecule is COC(=O)c1sc(-c2ccccc2)cc1NC(=O)C1CCCCN1S(=O)(=O)c1cccs1. The maximum absolute atomic E-state index is 13.2. The van der Waals surface area contributed by atoms with E-state index >= 15 is 0 Å². The van der Waals surface area contributed by atoms with Gasteiger partial charge in [-0.3, -0.25) is 4.79 Å². The number of thiophene rings is 2. The van der Waals surface area contributed by atoms with Gasteiger partial charge >= 0.3 is 5.97 Å². The predicted molar refractivity (Wildman–Crippen MR) is 126 cm³/mol. The number of nitrogens with zero attached hydrogens (tertiary/aromatic N) is 1. The summed E-state index contributed by atoms with van der Waals surface area (Å²) in [6, 6.07) is 13.6. The van der Waals surface area contributed by atoms with Crippen molar-refractivity contribution >= 4 is 50.3 Å². The standard InChI is InChI=1S/C22H22N2O5S3/c1-29-22(26)20-16(14-18(31-20)15-8-3-2-4-9-15)23-21(25)17-10-5-6-12-24(17)32(27,28)19-11-7-13-30-19/h2-4,7-9,11,13-14,17H,5-6,10,12H2,1H3,(H,23,25). The molecule has 0 bridgehead atoms. The van der Waals surface area contributed by atoms with Crippen LogP contribution in [0.15, 0.2) is 58.1 Å². The Bertz CT molecular complexity index is 1200. The third-order valence-corrected chi connectivity index (χ3v) is 9.68. The van der Waals surface area contributed by atoms with E-state index in [0.717, 1.165) is 28.2 Å². The molecule has 32 heavy (non-hydrogen) atoms. The summed E-state index contributed by atoms with van der Waals surface area (Å²) in [5, 5.41) is 4.50. The zero-order valence-electron chi connectivity index (χ0n) is 17.3. The van der Waals surface area contributed by atoms with Crippen LogP contribution in [0.2, 0.25) is 0 Å². The lowest BCUT2D eigenvalue weighted by Crippen LogP contribution is -2.49. The molecule has 0 saturated carbocycles. The van der Waals surface area contributed by atoms with Crippen LogP contribution < -0.4 is 5.32 Å². The van der Waals surface area contributed by atoms with Gasteiger partial charge in [-0.15, -0.1) is 22.7 Å². The van der Waals surface area contributed by atoms with E-state index in [1.807, 2.05) is 30.3 Å². The number of sulfonamides is 1. The van der Waals surface area contributed by atoms with Crippen molar-refractivity contribution in [1.29, 1.82) is 0 Å². The number of ether oxygens (including phenoxy) is 1. The summed E-state index contributed by atoms with van der Waals surface area (Å²) in [7, 11) is -2.49. The van der Waals surface area contributed by atoms with Crippen LogP contribution in [0.3, 0.4) is 0 Å². The molecule has 1 unspecified atom stereocenters. The highest BCUT2D eigenvalue weighted by molar-refractivity contribution is 7.91.